The lowest BCUT2D eigenvalue weighted by atomic mass is 10.4. The second kappa shape index (κ2) is 7.19. The molecule has 1 rings (SSSR count). The molecule has 0 aromatic carbocycles. The van der Waals surface area contributed by atoms with Gasteiger partial charge in [0, 0.05) is 38.2 Å². The van der Waals surface area contributed by atoms with Gasteiger partial charge >= 0.3 is 0 Å². The molecule has 0 aliphatic carbocycles. The quantitative estimate of drug-likeness (QED) is 0.676. The number of amides is 1. The molecule has 1 aromatic heterocycles. The summed E-state index contributed by atoms with van der Waals surface area (Å²) in [7, 11) is 1.61. The van der Waals surface area contributed by atoms with Gasteiger partial charge in [0.15, 0.2) is 5.13 Å². The van der Waals surface area contributed by atoms with Crippen LogP contribution in [0.25, 0.3) is 0 Å². The minimum Gasteiger partial charge on any atom is -0.383 e. The molecule has 0 spiro atoms. The molecule has 1 aromatic rings. The molecule has 0 saturated carbocycles. The van der Waals surface area contributed by atoms with Crippen molar-refractivity contribution in [1.82, 2.24) is 10.3 Å². The number of nitrogens with one attached hydrogen (secondary N) is 2. The van der Waals surface area contributed by atoms with Crippen molar-refractivity contribution in [3.05, 3.63) is 11.6 Å². The molecule has 0 fully saturated rings. The lowest BCUT2D eigenvalue weighted by Crippen LogP contribution is -2.28. The van der Waals surface area contributed by atoms with E-state index in [0.29, 0.717) is 26.1 Å². The molecule has 0 unspecified atom stereocenters. The Kier molecular flexibility index (Phi) is 5.72. The first-order valence-electron chi connectivity index (χ1n) is 4.72. The van der Waals surface area contributed by atoms with Crippen molar-refractivity contribution >= 4 is 22.4 Å². The van der Waals surface area contributed by atoms with Gasteiger partial charge in [0.05, 0.1) is 6.61 Å². The number of aromatic nitrogens is 1. The topological polar surface area (TPSA) is 63.2 Å². The van der Waals surface area contributed by atoms with Crippen LogP contribution in [-0.4, -0.2) is 37.7 Å². The predicted molar refractivity (Wildman–Crippen MR) is 60.1 cm³/mol. The first-order chi connectivity index (χ1) is 7.33. The highest BCUT2D eigenvalue weighted by Crippen LogP contribution is 2.09. The number of hydrogen-bond acceptors (Lipinski definition) is 5. The zero-order chi connectivity index (χ0) is 10.9. The van der Waals surface area contributed by atoms with Crippen molar-refractivity contribution in [2.24, 2.45) is 0 Å². The number of methoxy groups -OCH3 is 1. The molecular formula is C9H15N3O2S. The van der Waals surface area contributed by atoms with Gasteiger partial charge in [-0.1, -0.05) is 0 Å². The van der Waals surface area contributed by atoms with Crippen LogP contribution >= 0.6 is 11.3 Å². The highest BCUT2D eigenvalue weighted by molar-refractivity contribution is 7.13. The van der Waals surface area contributed by atoms with Gasteiger partial charge in [0.2, 0.25) is 5.91 Å². The van der Waals surface area contributed by atoms with E-state index in [1.165, 1.54) is 11.3 Å². The molecule has 6 heteroatoms. The smallest absolute Gasteiger partial charge is 0.221 e. The van der Waals surface area contributed by atoms with Crippen molar-refractivity contribution in [3.8, 4) is 0 Å². The molecule has 5 nitrogen and oxygen atoms in total. The summed E-state index contributed by atoms with van der Waals surface area (Å²) in [6.07, 6.45) is 2.18. The summed E-state index contributed by atoms with van der Waals surface area (Å²) in [5, 5.41) is 8.54. The lowest BCUT2D eigenvalue weighted by Gasteiger charge is -2.04. The molecule has 2 N–H and O–H groups in total. The van der Waals surface area contributed by atoms with Gasteiger partial charge in [0.25, 0.3) is 0 Å². The van der Waals surface area contributed by atoms with Crippen molar-refractivity contribution < 1.29 is 9.53 Å². The molecule has 0 bridgehead atoms. The third kappa shape index (κ3) is 5.34. The van der Waals surface area contributed by atoms with E-state index in [2.05, 4.69) is 15.6 Å². The molecule has 0 saturated heterocycles. The second-order valence-electron chi connectivity index (χ2n) is 2.86. The summed E-state index contributed by atoms with van der Waals surface area (Å²) in [6.45, 7) is 1.71. The van der Waals surface area contributed by atoms with Crippen LogP contribution in [0, 0.1) is 0 Å². The van der Waals surface area contributed by atoms with E-state index in [9.17, 15) is 4.79 Å². The summed E-state index contributed by atoms with van der Waals surface area (Å²) >= 11 is 1.52. The summed E-state index contributed by atoms with van der Waals surface area (Å²) in [5.41, 5.74) is 0. The number of rotatable bonds is 7. The Morgan fingerprint density at radius 1 is 1.60 bits per heavy atom. The van der Waals surface area contributed by atoms with Crippen LogP contribution in [0.5, 0.6) is 0 Å². The Bertz CT molecular complexity index is 277. The van der Waals surface area contributed by atoms with Crippen molar-refractivity contribution in [1.29, 1.82) is 0 Å². The van der Waals surface area contributed by atoms with Crippen LogP contribution in [0.4, 0.5) is 5.13 Å². The Hall–Kier alpha value is -1.14. The van der Waals surface area contributed by atoms with Crippen LogP contribution in [0.15, 0.2) is 11.6 Å². The lowest BCUT2D eigenvalue weighted by molar-refractivity contribution is -0.121. The zero-order valence-electron chi connectivity index (χ0n) is 8.66. The Labute approximate surface area is 92.9 Å². The van der Waals surface area contributed by atoms with E-state index in [4.69, 9.17) is 4.74 Å². The molecule has 84 valence electrons. The van der Waals surface area contributed by atoms with E-state index < -0.39 is 0 Å². The molecule has 0 aliphatic rings. The predicted octanol–water partition coefficient (Wildman–Crippen LogP) is 0.708. The zero-order valence-corrected chi connectivity index (χ0v) is 9.47. The maximum absolute atomic E-state index is 11.2. The van der Waals surface area contributed by atoms with Crippen LogP contribution < -0.4 is 10.6 Å². The minimum absolute atomic E-state index is 0.0242. The Morgan fingerprint density at radius 3 is 3.13 bits per heavy atom. The summed E-state index contributed by atoms with van der Waals surface area (Å²) in [6, 6.07) is 0. The second-order valence-corrected chi connectivity index (χ2v) is 3.75. The molecular weight excluding hydrogens is 214 g/mol. The van der Waals surface area contributed by atoms with Crippen molar-refractivity contribution in [2.75, 3.05) is 32.1 Å². The first kappa shape index (κ1) is 11.9. The first-order valence-corrected chi connectivity index (χ1v) is 5.60. The van der Waals surface area contributed by atoms with E-state index in [1.807, 2.05) is 5.38 Å². The third-order valence-corrected chi connectivity index (χ3v) is 2.42. The molecule has 1 heterocycles. The van der Waals surface area contributed by atoms with Crippen molar-refractivity contribution in [2.45, 2.75) is 6.42 Å². The molecule has 0 aliphatic heterocycles. The van der Waals surface area contributed by atoms with E-state index >= 15 is 0 Å². The number of carbonyl (C=O) groups excluding carboxylic acids is 1. The number of carbonyl (C=O) groups is 1. The fourth-order valence-corrected chi connectivity index (χ4v) is 1.53. The Morgan fingerprint density at radius 2 is 2.47 bits per heavy atom. The summed E-state index contributed by atoms with van der Waals surface area (Å²) < 4.78 is 4.82. The van der Waals surface area contributed by atoms with Gasteiger partial charge in [-0.2, -0.15) is 0 Å². The fourth-order valence-electron chi connectivity index (χ4n) is 0.975. The summed E-state index contributed by atoms with van der Waals surface area (Å²) in [5.74, 6) is 0.0242. The van der Waals surface area contributed by atoms with Gasteiger partial charge in [-0.3, -0.25) is 4.79 Å². The normalized spacial score (nSPS) is 9.93. The number of anilines is 1. The number of nitrogens with zero attached hydrogens (tertiary/aromatic N) is 1. The Balaban J connectivity index is 2.02. The molecule has 0 atom stereocenters. The highest BCUT2D eigenvalue weighted by Gasteiger charge is 2.00. The maximum Gasteiger partial charge on any atom is 0.221 e. The largest absolute Gasteiger partial charge is 0.383 e. The minimum atomic E-state index is 0.0242. The molecule has 15 heavy (non-hydrogen) atoms. The number of thiazole rings is 1. The van der Waals surface area contributed by atoms with Gasteiger partial charge in [0.1, 0.15) is 0 Å². The van der Waals surface area contributed by atoms with E-state index in [1.54, 1.807) is 13.3 Å². The average molecular weight is 229 g/mol. The van der Waals surface area contributed by atoms with E-state index in [-0.39, 0.29) is 5.91 Å². The third-order valence-electron chi connectivity index (χ3n) is 1.69. The molecule has 1 amide bonds. The molecule has 0 radical (unpaired) electrons. The standard InChI is InChI=1S/C9H15N3O2S/c1-14-6-4-10-8(13)2-3-11-9-12-5-7-15-9/h5,7H,2-4,6H2,1H3,(H,10,13)(H,11,12). The van der Waals surface area contributed by atoms with Crippen molar-refractivity contribution in [3.63, 3.8) is 0 Å². The van der Waals surface area contributed by atoms with Crippen LogP contribution in [0.1, 0.15) is 6.42 Å². The van der Waals surface area contributed by atoms with Gasteiger partial charge < -0.3 is 15.4 Å². The monoisotopic (exact) mass is 229 g/mol. The van der Waals surface area contributed by atoms with Crippen LogP contribution in [0.3, 0.4) is 0 Å². The van der Waals surface area contributed by atoms with Crippen LogP contribution in [0.2, 0.25) is 0 Å². The number of ether oxygens (including phenoxy) is 1. The van der Waals surface area contributed by atoms with Gasteiger partial charge in [-0.25, -0.2) is 4.98 Å². The van der Waals surface area contributed by atoms with Gasteiger partial charge in [-0.05, 0) is 0 Å². The number of hydrogen-bond donors (Lipinski definition) is 2. The fraction of sp³-hybridized carbons (Fsp3) is 0.556. The van der Waals surface area contributed by atoms with Gasteiger partial charge in [-0.15, -0.1) is 11.3 Å². The maximum atomic E-state index is 11.2. The van der Waals surface area contributed by atoms with E-state index in [0.717, 1.165) is 5.13 Å². The van der Waals surface area contributed by atoms with Crippen LogP contribution in [-0.2, 0) is 9.53 Å². The highest BCUT2D eigenvalue weighted by atomic mass is 32.1. The average Bonchev–Trinajstić information content (AvgIpc) is 2.71. The summed E-state index contributed by atoms with van der Waals surface area (Å²) in [4.78, 5) is 15.3. The SMILES string of the molecule is COCCNC(=O)CCNc1nccs1.